The Morgan fingerprint density at radius 1 is 0.938 bits per heavy atom. The van der Waals surface area contributed by atoms with E-state index in [-0.39, 0.29) is 5.91 Å². The molecule has 0 radical (unpaired) electrons. The molecule has 6 heteroatoms. The number of fused-ring (bicyclic) bond motifs is 1. The van der Waals surface area contributed by atoms with Crippen LogP contribution in [-0.4, -0.2) is 28.5 Å². The first-order valence-electron chi connectivity index (χ1n) is 10.4. The van der Waals surface area contributed by atoms with Gasteiger partial charge in [-0.2, -0.15) is 0 Å². The molecule has 0 saturated heterocycles. The van der Waals surface area contributed by atoms with Gasteiger partial charge in [-0.15, -0.1) is 0 Å². The van der Waals surface area contributed by atoms with Gasteiger partial charge < -0.3 is 4.90 Å². The highest BCUT2D eigenvalue weighted by Crippen LogP contribution is 2.27. The number of carbonyl (C=O) groups excluding carboxylic acids is 2. The number of hydrogen-bond acceptors (Lipinski definition) is 3. The third kappa shape index (κ3) is 4.90. The summed E-state index contributed by atoms with van der Waals surface area (Å²) in [6, 6.07) is 22.3. The fourth-order valence-corrected chi connectivity index (χ4v) is 4.14. The summed E-state index contributed by atoms with van der Waals surface area (Å²) in [6.45, 7) is 0.981. The van der Waals surface area contributed by atoms with Crippen LogP contribution < -0.4 is 5.48 Å². The molecule has 4 rings (SSSR count). The van der Waals surface area contributed by atoms with Gasteiger partial charge in [0.2, 0.25) is 0 Å². The Morgan fingerprint density at radius 2 is 1.75 bits per heavy atom. The first-order valence-corrected chi connectivity index (χ1v) is 10.8. The summed E-state index contributed by atoms with van der Waals surface area (Å²) in [5.74, 6) is -0.667. The summed E-state index contributed by atoms with van der Waals surface area (Å²) in [7, 11) is 0. The van der Waals surface area contributed by atoms with Crippen LogP contribution in [0.4, 0.5) is 0 Å². The zero-order chi connectivity index (χ0) is 22.5. The van der Waals surface area contributed by atoms with Crippen LogP contribution in [0.3, 0.4) is 0 Å². The van der Waals surface area contributed by atoms with Crippen molar-refractivity contribution in [1.82, 2.24) is 10.4 Å². The minimum absolute atomic E-state index is 0.0963. The first kappa shape index (κ1) is 21.8. The maximum Gasteiger partial charge on any atom is 0.274 e. The normalized spacial score (nSPS) is 13.8. The number of carbonyl (C=O) groups is 2. The van der Waals surface area contributed by atoms with Crippen molar-refractivity contribution in [3.05, 3.63) is 106 Å². The number of aryl methyl sites for hydroxylation is 1. The van der Waals surface area contributed by atoms with Crippen LogP contribution in [0.2, 0.25) is 5.02 Å². The third-order valence-corrected chi connectivity index (χ3v) is 5.80. The molecule has 0 fully saturated rings. The topological polar surface area (TPSA) is 69.6 Å². The number of halogens is 1. The largest absolute Gasteiger partial charge is 0.334 e. The second kappa shape index (κ2) is 9.81. The Labute approximate surface area is 191 Å². The van der Waals surface area contributed by atoms with Gasteiger partial charge in [-0.25, -0.2) is 5.48 Å². The molecule has 162 valence electrons. The van der Waals surface area contributed by atoms with Gasteiger partial charge in [0, 0.05) is 29.2 Å². The summed E-state index contributed by atoms with van der Waals surface area (Å²) in [4.78, 5) is 27.4. The lowest BCUT2D eigenvalue weighted by Crippen LogP contribution is -2.31. The zero-order valence-corrected chi connectivity index (χ0v) is 18.2. The van der Waals surface area contributed by atoms with Gasteiger partial charge >= 0.3 is 0 Å². The van der Waals surface area contributed by atoms with Gasteiger partial charge in [0.05, 0.1) is 0 Å². The van der Waals surface area contributed by atoms with Crippen LogP contribution in [0.5, 0.6) is 0 Å². The lowest BCUT2D eigenvalue weighted by atomic mass is 10.00. The van der Waals surface area contributed by atoms with Crippen molar-refractivity contribution in [3.8, 4) is 0 Å². The van der Waals surface area contributed by atoms with Gasteiger partial charge in [-0.3, -0.25) is 14.8 Å². The van der Waals surface area contributed by atoms with E-state index in [0.29, 0.717) is 29.2 Å². The van der Waals surface area contributed by atoms with Crippen molar-refractivity contribution >= 4 is 35.1 Å². The smallest absolute Gasteiger partial charge is 0.274 e. The number of hydroxylamine groups is 1. The Kier molecular flexibility index (Phi) is 6.69. The van der Waals surface area contributed by atoms with E-state index >= 15 is 0 Å². The van der Waals surface area contributed by atoms with Crippen LogP contribution in [0.25, 0.3) is 11.6 Å². The molecule has 2 amide bonds. The minimum atomic E-state index is -0.571. The molecule has 0 spiro atoms. The minimum Gasteiger partial charge on any atom is -0.334 e. The number of hydrogen-bond donors (Lipinski definition) is 2. The number of rotatable bonds is 4. The quantitative estimate of drug-likeness (QED) is 0.257. The van der Waals surface area contributed by atoms with Crippen molar-refractivity contribution in [2.75, 3.05) is 6.54 Å². The third-order valence-electron chi connectivity index (χ3n) is 5.57. The summed E-state index contributed by atoms with van der Waals surface area (Å²) < 4.78 is 0. The van der Waals surface area contributed by atoms with Crippen LogP contribution in [0.1, 0.15) is 39.0 Å². The molecule has 1 aliphatic heterocycles. The van der Waals surface area contributed by atoms with E-state index in [1.807, 2.05) is 59.5 Å². The molecule has 3 aromatic rings. The summed E-state index contributed by atoms with van der Waals surface area (Å²) in [5.41, 5.74) is 6.27. The van der Waals surface area contributed by atoms with E-state index in [1.54, 1.807) is 29.7 Å². The molecule has 1 aliphatic rings. The molecule has 0 unspecified atom stereocenters. The fourth-order valence-electron chi connectivity index (χ4n) is 3.95. The standard InChI is InChI=1S/C26H23ClN2O3/c27-23-10-4-8-20(16-23)24(14-18-6-2-1-3-7-18)26(31)29-13-5-9-19-11-12-21(25(30)28-32)15-22(19)17-29/h1-4,6-8,10-12,14-16,32H,5,9,13,17H2,(H,28,30)/b24-14+. The van der Waals surface area contributed by atoms with Gasteiger partial charge in [0.1, 0.15) is 0 Å². The maximum absolute atomic E-state index is 13.7. The molecule has 0 aromatic heterocycles. The number of amides is 2. The number of nitrogens with zero attached hydrogens (tertiary/aromatic N) is 1. The van der Waals surface area contributed by atoms with Crippen LogP contribution in [-0.2, 0) is 17.8 Å². The molecule has 32 heavy (non-hydrogen) atoms. The molecule has 1 heterocycles. The average Bonchev–Trinajstić information content (AvgIpc) is 3.04. The van der Waals surface area contributed by atoms with Crippen LogP contribution in [0, 0.1) is 0 Å². The maximum atomic E-state index is 13.7. The van der Waals surface area contributed by atoms with Gasteiger partial charge in [-0.05, 0) is 65.4 Å². The first-order chi connectivity index (χ1) is 15.5. The van der Waals surface area contributed by atoms with E-state index in [0.717, 1.165) is 35.1 Å². The van der Waals surface area contributed by atoms with Gasteiger partial charge in [-0.1, -0.05) is 60.1 Å². The number of benzene rings is 3. The highest BCUT2D eigenvalue weighted by atomic mass is 35.5. The predicted octanol–water partition coefficient (Wildman–Crippen LogP) is 4.97. The molecule has 0 atom stereocenters. The van der Waals surface area contributed by atoms with Crippen molar-refractivity contribution in [3.63, 3.8) is 0 Å². The average molecular weight is 447 g/mol. The van der Waals surface area contributed by atoms with Crippen molar-refractivity contribution in [1.29, 1.82) is 0 Å². The van der Waals surface area contributed by atoms with E-state index in [2.05, 4.69) is 0 Å². The highest BCUT2D eigenvalue weighted by Gasteiger charge is 2.24. The fraction of sp³-hybridized carbons (Fsp3) is 0.154. The van der Waals surface area contributed by atoms with Crippen molar-refractivity contribution in [2.24, 2.45) is 0 Å². The lowest BCUT2D eigenvalue weighted by molar-refractivity contribution is -0.125. The summed E-state index contributed by atoms with van der Waals surface area (Å²) in [5, 5.41) is 9.53. The molecular weight excluding hydrogens is 424 g/mol. The SMILES string of the molecule is O=C(NO)c1ccc2c(c1)CN(C(=O)/C(=C/c1ccccc1)c1cccc(Cl)c1)CCC2. The molecule has 0 bridgehead atoms. The van der Waals surface area contributed by atoms with Crippen molar-refractivity contribution in [2.45, 2.75) is 19.4 Å². The zero-order valence-electron chi connectivity index (χ0n) is 17.4. The highest BCUT2D eigenvalue weighted by molar-refractivity contribution is 6.31. The second-order valence-electron chi connectivity index (χ2n) is 7.73. The predicted molar refractivity (Wildman–Crippen MR) is 125 cm³/mol. The molecule has 3 aromatic carbocycles. The molecular formula is C26H23ClN2O3. The van der Waals surface area contributed by atoms with Crippen LogP contribution >= 0.6 is 11.6 Å². The Bertz CT molecular complexity index is 1170. The van der Waals surface area contributed by atoms with E-state index < -0.39 is 5.91 Å². The lowest BCUT2D eigenvalue weighted by Gasteiger charge is -2.23. The van der Waals surface area contributed by atoms with E-state index in [1.165, 1.54) is 0 Å². The Hall–Kier alpha value is -3.41. The molecule has 2 N–H and O–H groups in total. The summed E-state index contributed by atoms with van der Waals surface area (Å²) >= 11 is 6.23. The summed E-state index contributed by atoms with van der Waals surface area (Å²) in [6.07, 6.45) is 3.52. The van der Waals surface area contributed by atoms with Crippen LogP contribution in [0.15, 0.2) is 72.8 Å². The Morgan fingerprint density at radius 3 is 2.50 bits per heavy atom. The van der Waals surface area contributed by atoms with Gasteiger partial charge in [0.15, 0.2) is 0 Å². The number of nitrogens with one attached hydrogen (secondary N) is 1. The van der Waals surface area contributed by atoms with Crippen molar-refractivity contribution < 1.29 is 14.8 Å². The second-order valence-corrected chi connectivity index (χ2v) is 8.17. The van der Waals surface area contributed by atoms with E-state index in [4.69, 9.17) is 16.8 Å². The molecule has 0 saturated carbocycles. The Balaban J connectivity index is 1.71. The monoisotopic (exact) mass is 446 g/mol. The van der Waals surface area contributed by atoms with Gasteiger partial charge in [0.25, 0.3) is 11.8 Å². The van der Waals surface area contributed by atoms with E-state index in [9.17, 15) is 9.59 Å². The molecule has 0 aliphatic carbocycles. The molecule has 5 nitrogen and oxygen atoms in total.